The fourth-order valence-electron chi connectivity index (χ4n) is 9.50. The van der Waals surface area contributed by atoms with E-state index in [4.69, 9.17) is 14.2 Å². The second kappa shape index (κ2) is 67.6. The minimum atomic E-state index is -0.783. The van der Waals surface area contributed by atoms with Crippen molar-refractivity contribution in [2.45, 2.75) is 329 Å². The lowest BCUT2D eigenvalue weighted by Gasteiger charge is -2.18. The van der Waals surface area contributed by atoms with Crippen LogP contribution < -0.4 is 0 Å². The molecule has 0 fully saturated rings. The summed E-state index contributed by atoms with van der Waals surface area (Å²) < 4.78 is 16.8. The van der Waals surface area contributed by atoms with Crippen molar-refractivity contribution in [2.75, 3.05) is 13.2 Å². The van der Waals surface area contributed by atoms with Crippen molar-refractivity contribution in [1.82, 2.24) is 0 Å². The predicted octanol–water partition coefficient (Wildman–Crippen LogP) is 23.4. The number of carbonyl (C=O) groups excluding carboxylic acids is 3. The van der Waals surface area contributed by atoms with E-state index in [9.17, 15) is 14.4 Å². The summed E-state index contributed by atoms with van der Waals surface area (Å²) in [5, 5.41) is 0. The van der Waals surface area contributed by atoms with Gasteiger partial charge in [-0.1, -0.05) is 323 Å². The summed E-state index contributed by atoms with van der Waals surface area (Å²) >= 11 is 0. The molecule has 0 N–H and O–H groups in total. The molecule has 0 saturated carbocycles. The third-order valence-corrected chi connectivity index (χ3v) is 14.5. The van der Waals surface area contributed by atoms with E-state index in [2.05, 4.69) is 130 Å². The molecule has 0 saturated heterocycles. The monoisotopic (exact) mass is 1110 g/mol. The van der Waals surface area contributed by atoms with Gasteiger partial charge in [0.25, 0.3) is 0 Å². The summed E-state index contributed by atoms with van der Waals surface area (Å²) in [5.41, 5.74) is 0. The third kappa shape index (κ3) is 64.9. The van der Waals surface area contributed by atoms with Gasteiger partial charge in [-0.05, 0) is 89.9 Å². The maximum absolute atomic E-state index is 12.9. The van der Waals surface area contributed by atoms with Crippen molar-refractivity contribution in [1.29, 1.82) is 0 Å². The van der Waals surface area contributed by atoms with E-state index in [0.29, 0.717) is 19.3 Å². The van der Waals surface area contributed by atoms with Gasteiger partial charge in [0.2, 0.25) is 0 Å². The standard InChI is InChI=1S/C74H126O6/c1-4-7-10-13-16-18-20-22-24-26-28-30-32-33-34-35-36-37-38-39-40-41-42-44-45-47-49-51-53-55-58-61-64-67-73(76)79-70-71(69-78-72(75)66-63-60-57-15-12-9-6-3)80-74(77)68-65-62-59-56-54-52-50-48-46-43-31-29-27-25-23-21-19-17-14-11-8-5-2/h7,10,16,18,22,24,28,30,33-34,36-37,39-40,42,44,47,49,71H,4-6,8-9,11-15,17,19-21,23,25-27,29,31-32,35,38,41,43,45-46,48,50-70H2,1-3H3/b10-7-,18-16-,24-22-,30-28-,34-33-,37-36-,40-39-,44-42-,49-47-. The highest BCUT2D eigenvalue weighted by Crippen LogP contribution is 2.17. The van der Waals surface area contributed by atoms with Crippen molar-refractivity contribution in [2.24, 2.45) is 0 Å². The van der Waals surface area contributed by atoms with Crippen molar-refractivity contribution in [3.05, 3.63) is 109 Å². The molecule has 6 heteroatoms. The second-order valence-corrected chi connectivity index (χ2v) is 22.4. The van der Waals surface area contributed by atoms with Crippen molar-refractivity contribution in [3.8, 4) is 0 Å². The molecule has 6 nitrogen and oxygen atoms in total. The maximum Gasteiger partial charge on any atom is 0.306 e. The Bertz CT molecular complexity index is 1610. The number of allylic oxidation sites excluding steroid dienone is 18. The van der Waals surface area contributed by atoms with Crippen LogP contribution in [-0.4, -0.2) is 37.2 Å². The SMILES string of the molecule is CC/C=C\C/C=C\C/C=C\C/C=C\C/C=C\C/C=C\C/C=C\C/C=C\C/C=C\CCCCCCCC(=O)OCC(COC(=O)CCCCCCCCC)OC(=O)CCCCCCCCCCCCCCCCCCCCCCCC. The lowest BCUT2D eigenvalue weighted by molar-refractivity contribution is -0.167. The molecule has 0 heterocycles. The van der Waals surface area contributed by atoms with Crippen molar-refractivity contribution < 1.29 is 28.6 Å². The molecule has 0 aromatic rings. The van der Waals surface area contributed by atoms with Crippen LogP contribution in [0.5, 0.6) is 0 Å². The number of hydrogen-bond acceptors (Lipinski definition) is 6. The van der Waals surface area contributed by atoms with E-state index >= 15 is 0 Å². The number of hydrogen-bond donors (Lipinski definition) is 0. The predicted molar refractivity (Wildman–Crippen MR) is 348 cm³/mol. The molecular formula is C74H126O6. The largest absolute Gasteiger partial charge is 0.462 e. The summed E-state index contributed by atoms with van der Waals surface area (Å²) in [7, 11) is 0. The van der Waals surface area contributed by atoms with Crippen LogP contribution in [0.2, 0.25) is 0 Å². The molecule has 0 aromatic carbocycles. The molecule has 0 aliphatic rings. The van der Waals surface area contributed by atoms with Crippen LogP contribution >= 0.6 is 0 Å². The molecule has 0 aliphatic carbocycles. The topological polar surface area (TPSA) is 78.9 Å². The van der Waals surface area contributed by atoms with Crippen LogP contribution in [0.15, 0.2) is 109 Å². The van der Waals surface area contributed by atoms with Crippen LogP contribution in [0.25, 0.3) is 0 Å². The Morgan fingerprint density at radius 3 is 0.762 bits per heavy atom. The van der Waals surface area contributed by atoms with E-state index < -0.39 is 6.10 Å². The molecule has 1 atom stereocenters. The van der Waals surface area contributed by atoms with Gasteiger partial charge in [-0.15, -0.1) is 0 Å². The molecule has 0 rings (SSSR count). The molecule has 0 aliphatic heterocycles. The first-order chi connectivity index (χ1) is 39.5. The molecule has 0 spiro atoms. The fraction of sp³-hybridized carbons (Fsp3) is 0.716. The first kappa shape index (κ1) is 76.1. The van der Waals surface area contributed by atoms with Crippen molar-refractivity contribution in [3.63, 3.8) is 0 Å². The molecule has 0 amide bonds. The van der Waals surface area contributed by atoms with Gasteiger partial charge in [-0.2, -0.15) is 0 Å². The van der Waals surface area contributed by atoms with E-state index in [1.165, 1.54) is 148 Å². The Labute approximate surface area is 495 Å². The first-order valence-corrected chi connectivity index (χ1v) is 33.9. The summed E-state index contributed by atoms with van der Waals surface area (Å²) in [5.74, 6) is -0.897. The molecule has 0 radical (unpaired) electrons. The Hall–Kier alpha value is -3.93. The zero-order valence-electron chi connectivity index (χ0n) is 52.6. The minimum absolute atomic E-state index is 0.0812. The number of carbonyl (C=O) groups is 3. The third-order valence-electron chi connectivity index (χ3n) is 14.5. The van der Waals surface area contributed by atoms with E-state index in [1.807, 2.05) is 0 Å². The van der Waals surface area contributed by atoms with E-state index in [1.54, 1.807) is 0 Å². The van der Waals surface area contributed by atoms with Gasteiger partial charge in [-0.25, -0.2) is 0 Å². The Kier molecular flexibility index (Phi) is 64.3. The second-order valence-electron chi connectivity index (χ2n) is 22.4. The van der Waals surface area contributed by atoms with Crippen LogP contribution in [0.3, 0.4) is 0 Å². The Morgan fingerprint density at radius 2 is 0.487 bits per heavy atom. The van der Waals surface area contributed by atoms with Crippen molar-refractivity contribution >= 4 is 17.9 Å². The van der Waals surface area contributed by atoms with Crippen LogP contribution in [-0.2, 0) is 28.6 Å². The van der Waals surface area contributed by atoms with E-state index in [0.717, 1.165) is 135 Å². The lowest BCUT2D eigenvalue weighted by Crippen LogP contribution is -2.30. The average Bonchev–Trinajstić information content (AvgIpc) is 3.46. The molecule has 1 unspecified atom stereocenters. The summed E-state index contributed by atoms with van der Waals surface area (Å²) in [6.45, 7) is 6.50. The van der Waals surface area contributed by atoms with Crippen LogP contribution in [0.4, 0.5) is 0 Å². The zero-order valence-corrected chi connectivity index (χ0v) is 52.6. The lowest BCUT2D eigenvalue weighted by atomic mass is 10.0. The van der Waals surface area contributed by atoms with Gasteiger partial charge < -0.3 is 14.2 Å². The van der Waals surface area contributed by atoms with Gasteiger partial charge in [0.15, 0.2) is 6.10 Å². The Morgan fingerprint density at radius 1 is 0.263 bits per heavy atom. The van der Waals surface area contributed by atoms with Gasteiger partial charge in [-0.3, -0.25) is 14.4 Å². The summed E-state index contributed by atoms with van der Waals surface area (Å²) in [4.78, 5) is 38.1. The van der Waals surface area contributed by atoms with Gasteiger partial charge in [0.05, 0.1) is 0 Å². The highest BCUT2D eigenvalue weighted by atomic mass is 16.6. The number of ether oxygens (including phenoxy) is 3. The molecule has 0 bridgehead atoms. The normalized spacial score (nSPS) is 12.8. The maximum atomic E-state index is 12.9. The molecule has 0 aromatic heterocycles. The van der Waals surface area contributed by atoms with Gasteiger partial charge in [0.1, 0.15) is 13.2 Å². The zero-order chi connectivity index (χ0) is 57.8. The quantitative estimate of drug-likeness (QED) is 0.0261. The molecule has 458 valence electrons. The van der Waals surface area contributed by atoms with Crippen LogP contribution in [0, 0.1) is 0 Å². The first-order valence-electron chi connectivity index (χ1n) is 33.9. The van der Waals surface area contributed by atoms with Gasteiger partial charge in [0, 0.05) is 19.3 Å². The molecular weight excluding hydrogens is 985 g/mol. The van der Waals surface area contributed by atoms with E-state index in [-0.39, 0.29) is 31.1 Å². The highest BCUT2D eigenvalue weighted by molar-refractivity contribution is 5.71. The average molecular weight is 1110 g/mol. The smallest absolute Gasteiger partial charge is 0.306 e. The number of unbranched alkanes of at least 4 members (excludes halogenated alkanes) is 32. The minimum Gasteiger partial charge on any atom is -0.462 e. The number of rotatable bonds is 61. The highest BCUT2D eigenvalue weighted by Gasteiger charge is 2.19. The van der Waals surface area contributed by atoms with Gasteiger partial charge >= 0.3 is 17.9 Å². The molecule has 80 heavy (non-hydrogen) atoms. The summed E-state index contributed by atoms with van der Waals surface area (Å²) in [6, 6.07) is 0. The van der Waals surface area contributed by atoms with Crippen LogP contribution in [0.1, 0.15) is 323 Å². The fourth-order valence-corrected chi connectivity index (χ4v) is 9.50. The Balaban J connectivity index is 4.16. The number of esters is 3. The summed E-state index contributed by atoms with van der Waals surface area (Å²) in [6.07, 6.45) is 92.8.